The Labute approximate surface area is 187 Å². The Morgan fingerprint density at radius 1 is 1.10 bits per heavy atom. The van der Waals surface area contributed by atoms with E-state index in [1.807, 2.05) is 18.2 Å². The number of hydrogen-bond donors (Lipinski definition) is 2. The second-order valence-electron chi connectivity index (χ2n) is 8.43. The molecule has 0 saturated carbocycles. The molecule has 0 aromatic heterocycles. The van der Waals surface area contributed by atoms with Crippen molar-refractivity contribution >= 4 is 29.1 Å². The number of halogens is 1. The summed E-state index contributed by atoms with van der Waals surface area (Å²) in [5, 5.41) is 13.2. The van der Waals surface area contributed by atoms with E-state index >= 15 is 0 Å². The standard InChI is InChI=1S/C24H28ClN3O3/c25-20-2-1-3-21(13-20)28-16-19(12-23(28)30)24(31)26-14-17-4-6-18(7-5-17)15-27-10-8-22(29)9-11-27/h1-7,13,19,22,29H,8-12,14-16H2,(H,26,31). The second-order valence-corrected chi connectivity index (χ2v) is 8.86. The number of carbonyl (C=O) groups excluding carboxylic acids is 2. The Kier molecular flexibility index (Phi) is 6.90. The van der Waals surface area contributed by atoms with E-state index in [2.05, 4.69) is 22.3 Å². The molecule has 2 aromatic rings. The van der Waals surface area contributed by atoms with Crippen molar-refractivity contribution < 1.29 is 14.7 Å². The van der Waals surface area contributed by atoms with E-state index in [0.717, 1.165) is 43.7 Å². The summed E-state index contributed by atoms with van der Waals surface area (Å²) in [6.07, 6.45) is 1.72. The van der Waals surface area contributed by atoms with Crippen LogP contribution in [0.2, 0.25) is 5.02 Å². The van der Waals surface area contributed by atoms with Gasteiger partial charge in [-0.2, -0.15) is 0 Å². The van der Waals surface area contributed by atoms with Crippen LogP contribution in [0.3, 0.4) is 0 Å². The highest BCUT2D eigenvalue weighted by Gasteiger charge is 2.35. The maximum atomic E-state index is 12.6. The lowest BCUT2D eigenvalue weighted by molar-refractivity contribution is -0.126. The zero-order valence-corrected chi connectivity index (χ0v) is 18.2. The number of piperidine rings is 1. The van der Waals surface area contributed by atoms with Crippen LogP contribution in [-0.2, 0) is 22.7 Å². The first-order chi connectivity index (χ1) is 15.0. The summed E-state index contributed by atoms with van der Waals surface area (Å²) < 4.78 is 0. The molecule has 2 N–H and O–H groups in total. The fourth-order valence-electron chi connectivity index (χ4n) is 4.21. The van der Waals surface area contributed by atoms with E-state index < -0.39 is 0 Å². The lowest BCUT2D eigenvalue weighted by Gasteiger charge is -2.29. The highest BCUT2D eigenvalue weighted by atomic mass is 35.5. The van der Waals surface area contributed by atoms with Crippen molar-refractivity contribution in [2.75, 3.05) is 24.5 Å². The van der Waals surface area contributed by atoms with Gasteiger partial charge in [-0.25, -0.2) is 0 Å². The summed E-state index contributed by atoms with van der Waals surface area (Å²) in [6, 6.07) is 15.4. The van der Waals surface area contributed by atoms with Crippen molar-refractivity contribution in [2.45, 2.75) is 38.5 Å². The lowest BCUT2D eigenvalue weighted by Crippen LogP contribution is -2.35. The van der Waals surface area contributed by atoms with Gasteiger partial charge >= 0.3 is 0 Å². The zero-order valence-electron chi connectivity index (χ0n) is 17.5. The van der Waals surface area contributed by atoms with Crippen LogP contribution in [0.25, 0.3) is 0 Å². The molecular formula is C24H28ClN3O3. The van der Waals surface area contributed by atoms with Crippen molar-refractivity contribution in [2.24, 2.45) is 5.92 Å². The predicted molar refractivity (Wildman–Crippen MR) is 121 cm³/mol. The third-order valence-electron chi connectivity index (χ3n) is 6.07. The number of aliphatic hydroxyl groups is 1. The molecule has 0 bridgehead atoms. The van der Waals surface area contributed by atoms with E-state index in [4.69, 9.17) is 11.6 Å². The number of nitrogens with one attached hydrogen (secondary N) is 1. The molecule has 31 heavy (non-hydrogen) atoms. The summed E-state index contributed by atoms with van der Waals surface area (Å²) in [6.45, 7) is 3.53. The zero-order chi connectivity index (χ0) is 21.8. The van der Waals surface area contributed by atoms with Crippen LogP contribution < -0.4 is 10.2 Å². The van der Waals surface area contributed by atoms with Gasteiger partial charge < -0.3 is 15.3 Å². The maximum Gasteiger partial charge on any atom is 0.227 e. The molecule has 0 aliphatic carbocycles. The van der Waals surface area contributed by atoms with Crippen LogP contribution in [0.5, 0.6) is 0 Å². The summed E-state index contributed by atoms with van der Waals surface area (Å²) in [5.41, 5.74) is 2.99. The van der Waals surface area contributed by atoms with Gasteiger partial charge in [-0.3, -0.25) is 14.5 Å². The minimum atomic E-state index is -0.361. The maximum absolute atomic E-state index is 12.6. The van der Waals surface area contributed by atoms with E-state index in [-0.39, 0.29) is 30.3 Å². The number of nitrogens with zero attached hydrogens (tertiary/aromatic N) is 2. The van der Waals surface area contributed by atoms with E-state index in [1.165, 1.54) is 5.56 Å². The first-order valence-corrected chi connectivity index (χ1v) is 11.2. The van der Waals surface area contributed by atoms with E-state index in [1.54, 1.807) is 23.1 Å². The van der Waals surface area contributed by atoms with Gasteiger partial charge in [-0.15, -0.1) is 0 Å². The van der Waals surface area contributed by atoms with Gasteiger partial charge in [0.2, 0.25) is 11.8 Å². The largest absolute Gasteiger partial charge is 0.393 e. The minimum Gasteiger partial charge on any atom is -0.393 e. The number of likely N-dealkylation sites (tertiary alicyclic amines) is 1. The first-order valence-electron chi connectivity index (χ1n) is 10.8. The average Bonchev–Trinajstić information content (AvgIpc) is 3.16. The molecule has 2 amide bonds. The monoisotopic (exact) mass is 441 g/mol. The number of hydrogen-bond acceptors (Lipinski definition) is 4. The van der Waals surface area contributed by atoms with Gasteiger partial charge in [0.1, 0.15) is 0 Å². The molecular weight excluding hydrogens is 414 g/mol. The molecule has 1 atom stereocenters. The van der Waals surface area contributed by atoms with Crippen LogP contribution in [-0.4, -0.2) is 47.6 Å². The molecule has 0 radical (unpaired) electrons. The van der Waals surface area contributed by atoms with Crippen LogP contribution in [0.4, 0.5) is 5.69 Å². The third kappa shape index (κ3) is 5.64. The molecule has 164 valence electrons. The van der Waals surface area contributed by atoms with Crippen molar-refractivity contribution in [3.63, 3.8) is 0 Å². The van der Waals surface area contributed by atoms with E-state index in [0.29, 0.717) is 18.1 Å². The first kappa shape index (κ1) is 21.8. The van der Waals surface area contributed by atoms with Gasteiger partial charge in [-0.05, 0) is 42.2 Å². The van der Waals surface area contributed by atoms with Crippen molar-refractivity contribution in [3.05, 3.63) is 64.7 Å². The Morgan fingerprint density at radius 3 is 2.52 bits per heavy atom. The molecule has 0 spiro atoms. The second kappa shape index (κ2) is 9.81. The number of benzene rings is 2. The van der Waals surface area contributed by atoms with Gasteiger partial charge in [0, 0.05) is 49.9 Å². The molecule has 2 aliphatic heterocycles. The number of amides is 2. The Morgan fingerprint density at radius 2 is 1.81 bits per heavy atom. The van der Waals surface area contributed by atoms with Crippen LogP contribution in [0.15, 0.2) is 48.5 Å². The normalized spacial score (nSPS) is 20.3. The van der Waals surface area contributed by atoms with Crippen molar-refractivity contribution in [3.8, 4) is 0 Å². The Bertz CT molecular complexity index is 926. The predicted octanol–water partition coefficient (Wildman–Crippen LogP) is 2.97. The SMILES string of the molecule is O=C(NCc1ccc(CN2CCC(O)CC2)cc1)C1CC(=O)N(c2cccc(Cl)c2)C1. The fourth-order valence-corrected chi connectivity index (χ4v) is 4.39. The van der Waals surface area contributed by atoms with Gasteiger partial charge in [-0.1, -0.05) is 41.9 Å². The van der Waals surface area contributed by atoms with Gasteiger partial charge in [0.15, 0.2) is 0 Å². The summed E-state index contributed by atoms with van der Waals surface area (Å²) in [4.78, 5) is 29.0. The molecule has 1 unspecified atom stereocenters. The highest BCUT2D eigenvalue weighted by Crippen LogP contribution is 2.27. The smallest absolute Gasteiger partial charge is 0.227 e. The topological polar surface area (TPSA) is 72.9 Å². The number of carbonyl (C=O) groups is 2. The molecule has 2 aromatic carbocycles. The average molecular weight is 442 g/mol. The molecule has 7 heteroatoms. The number of anilines is 1. The van der Waals surface area contributed by atoms with Gasteiger partial charge in [0.25, 0.3) is 0 Å². The summed E-state index contributed by atoms with van der Waals surface area (Å²) in [7, 11) is 0. The minimum absolute atomic E-state index is 0.0583. The Balaban J connectivity index is 1.26. The third-order valence-corrected chi connectivity index (χ3v) is 6.30. The van der Waals surface area contributed by atoms with Crippen LogP contribution >= 0.6 is 11.6 Å². The van der Waals surface area contributed by atoms with Crippen LogP contribution in [0.1, 0.15) is 30.4 Å². The quantitative estimate of drug-likeness (QED) is 0.722. The van der Waals surface area contributed by atoms with E-state index in [9.17, 15) is 14.7 Å². The van der Waals surface area contributed by atoms with Crippen molar-refractivity contribution in [1.29, 1.82) is 0 Å². The molecule has 4 rings (SSSR count). The summed E-state index contributed by atoms with van der Waals surface area (Å²) >= 11 is 6.03. The fraction of sp³-hybridized carbons (Fsp3) is 0.417. The molecule has 2 fully saturated rings. The van der Waals surface area contributed by atoms with Crippen LogP contribution in [0, 0.1) is 5.92 Å². The van der Waals surface area contributed by atoms with Crippen molar-refractivity contribution in [1.82, 2.24) is 10.2 Å². The molecule has 2 heterocycles. The highest BCUT2D eigenvalue weighted by molar-refractivity contribution is 6.31. The summed E-state index contributed by atoms with van der Waals surface area (Å²) in [5.74, 6) is -0.522. The molecule has 2 aliphatic rings. The Hall–Kier alpha value is -2.41. The molecule has 2 saturated heterocycles. The number of rotatable bonds is 6. The van der Waals surface area contributed by atoms with Gasteiger partial charge in [0.05, 0.1) is 12.0 Å². The lowest BCUT2D eigenvalue weighted by atomic mass is 10.1. The molecule has 6 nitrogen and oxygen atoms in total. The number of aliphatic hydroxyl groups excluding tert-OH is 1.